The molecule has 3 N–H and O–H groups in total. The maximum Gasteiger partial charge on any atom is 0.229 e. The van der Waals surface area contributed by atoms with Gasteiger partial charge in [0, 0.05) is 37.1 Å². The molecule has 2 aliphatic heterocycles. The Morgan fingerprint density at radius 1 is 0.829 bits per heavy atom. The third kappa shape index (κ3) is 7.85. The van der Waals surface area contributed by atoms with Crippen LogP contribution in [0, 0.1) is 17.3 Å². The van der Waals surface area contributed by atoms with Crippen LogP contribution < -0.4 is 24.2 Å². The molecule has 0 amide bonds. The molecule has 3 aliphatic rings. The van der Waals surface area contributed by atoms with Crippen molar-refractivity contribution in [3.63, 3.8) is 0 Å². The second kappa shape index (κ2) is 12.4. The standard InChI is InChI=1S/C29H42N4O6S2/c1-40(34,35)31-23-5-9-25(10-6-23)38-17-13-28-27-21-33(20-22(19-30-28)29(27)14-3-4-15-29)16-18-39-26-11-7-24(8-12-26)32-41(2,36)37/h5-12,22,27-28,30-32H,3-4,13-21H2,1-2H3. The SMILES string of the molecule is CS(=O)(=O)Nc1ccc(OCCC2NCC3CN(CCOc4ccc(NS(C)(=O)=O)cc4)CC2C32CCCC2)cc1. The van der Waals surface area contributed by atoms with Gasteiger partial charge in [-0.15, -0.1) is 0 Å². The largest absolute Gasteiger partial charge is 0.494 e. The number of hydrogen-bond donors (Lipinski definition) is 3. The van der Waals surface area contributed by atoms with Crippen LogP contribution in [0.25, 0.3) is 0 Å². The van der Waals surface area contributed by atoms with Gasteiger partial charge >= 0.3 is 0 Å². The van der Waals surface area contributed by atoms with E-state index in [2.05, 4.69) is 19.7 Å². The molecule has 10 nitrogen and oxygen atoms in total. The summed E-state index contributed by atoms with van der Waals surface area (Å²) in [5.74, 6) is 2.65. The van der Waals surface area contributed by atoms with E-state index in [0.29, 0.717) is 47.9 Å². The predicted octanol–water partition coefficient (Wildman–Crippen LogP) is 3.36. The molecule has 0 aromatic heterocycles. The Morgan fingerprint density at radius 3 is 1.90 bits per heavy atom. The second-order valence-electron chi connectivity index (χ2n) is 11.8. The van der Waals surface area contributed by atoms with E-state index in [1.54, 1.807) is 48.5 Å². The topological polar surface area (TPSA) is 126 Å². The number of nitrogens with one attached hydrogen (secondary N) is 3. The van der Waals surface area contributed by atoms with Crippen LogP contribution >= 0.6 is 0 Å². The number of sulfonamides is 2. The van der Waals surface area contributed by atoms with Crippen molar-refractivity contribution in [1.82, 2.24) is 10.2 Å². The highest BCUT2D eigenvalue weighted by Gasteiger charge is 2.55. The fourth-order valence-electron chi connectivity index (χ4n) is 7.12. The highest BCUT2D eigenvalue weighted by molar-refractivity contribution is 7.92. The van der Waals surface area contributed by atoms with Gasteiger partial charge in [-0.2, -0.15) is 0 Å². The van der Waals surface area contributed by atoms with Gasteiger partial charge in [0.1, 0.15) is 18.1 Å². The molecule has 2 bridgehead atoms. The van der Waals surface area contributed by atoms with Crippen molar-refractivity contribution in [3.8, 4) is 11.5 Å². The Morgan fingerprint density at radius 2 is 1.37 bits per heavy atom. The highest BCUT2D eigenvalue weighted by Crippen LogP contribution is 2.55. The fraction of sp³-hybridized carbons (Fsp3) is 0.586. The molecule has 3 unspecified atom stereocenters. The first kappa shape index (κ1) is 29.9. The summed E-state index contributed by atoms with van der Waals surface area (Å²) in [6.45, 7) is 5.18. The Bertz CT molecular complexity index is 1380. The minimum absolute atomic E-state index is 0.383. The van der Waals surface area contributed by atoms with Crippen molar-refractivity contribution in [2.45, 2.75) is 38.1 Å². The minimum atomic E-state index is -3.30. The van der Waals surface area contributed by atoms with Crippen LogP contribution in [0.1, 0.15) is 32.1 Å². The molecule has 0 radical (unpaired) electrons. The van der Waals surface area contributed by atoms with Crippen LogP contribution in [0.3, 0.4) is 0 Å². The van der Waals surface area contributed by atoms with Gasteiger partial charge in [-0.1, -0.05) is 12.8 Å². The molecule has 3 fully saturated rings. The van der Waals surface area contributed by atoms with Crippen LogP contribution in [0.2, 0.25) is 0 Å². The van der Waals surface area contributed by atoms with Gasteiger partial charge < -0.3 is 14.8 Å². The summed E-state index contributed by atoms with van der Waals surface area (Å²) in [5, 5.41) is 3.85. The van der Waals surface area contributed by atoms with E-state index in [4.69, 9.17) is 9.47 Å². The normalized spacial score (nSPS) is 24.2. The third-order valence-electron chi connectivity index (χ3n) is 8.82. The molecule has 1 aliphatic carbocycles. The van der Waals surface area contributed by atoms with E-state index in [1.165, 1.54) is 25.7 Å². The van der Waals surface area contributed by atoms with Crippen molar-refractivity contribution >= 4 is 31.4 Å². The number of hydrogen-bond acceptors (Lipinski definition) is 8. The number of rotatable bonds is 12. The Kier molecular flexibility index (Phi) is 9.03. The van der Waals surface area contributed by atoms with Crippen LogP contribution in [-0.4, -0.2) is 79.7 Å². The molecule has 2 aromatic carbocycles. The molecule has 1 saturated carbocycles. The summed E-state index contributed by atoms with van der Waals surface area (Å²) in [7, 11) is -6.61. The minimum Gasteiger partial charge on any atom is -0.494 e. The molecular formula is C29H42N4O6S2. The summed E-state index contributed by atoms with van der Waals surface area (Å²) < 4.78 is 62.8. The second-order valence-corrected chi connectivity index (χ2v) is 15.3. The van der Waals surface area contributed by atoms with E-state index in [0.717, 1.165) is 56.6 Å². The first-order valence-corrected chi connectivity index (χ1v) is 18.1. The van der Waals surface area contributed by atoms with Gasteiger partial charge in [0.05, 0.1) is 19.1 Å². The van der Waals surface area contributed by atoms with Crippen LogP contribution in [0.15, 0.2) is 48.5 Å². The average Bonchev–Trinajstić information content (AvgIpc) is 3.36. The molecule has 226 valence electrons. The lowest BCUT2D eigenvalue weighted by atomic mass is 9.58. The van der Waals surface area contributed by atoms with Gasteiger partial charge in [-0.3, -0.25) is 14.3 Å². The zero-order valence-electron chi connectivity index (χ0n) is 23.8. The maximum absolute atomic E-state index is 11.4. The predicted molar refractivity (Wildman–Crippen MR) is 162 cm³/mol. The molecule has 5 rings (SSSR count). The van der Waals surface area contributed by atoms with Crippen molar-refractivity contribution < 1.29 is 26.3 Å². The third-order valence-corrected chi connectivity index (χ3v) is 10.0. The lowest BCUT2D eigenvalue weighted by Gasteiger charge is -2.58. The van der Waals surface area contributed by atoms with Gasteiger partial charge in [0.2, 0.25) is 20.0 Å². The molecule has 2 aromatic rings. The summed E-state index contributed by atoms with van der Waals surface area (Å²) in [6.07, 6.45) is 8.45. The molecule has 2 heterocycles. The summed E-state index contributed by atoms with van der Waals surface area (Å²) in [4.78, 5) is 2.56. The lowest BCUT2D eigenvalue weighted by molar-refractivity contribution is -0.0733. The van der Waals surface area contributed by atoms with Crippen molar-refractivity contribution in [3.05, 3.63) is 48.5 Å². The Labute approximate surface area is 244 Å². The summed E-state index contributed by atoms with van der Waals surface area (Å²) in [6, 6.07) is 14.4. The number of nitrogens with zero attached hydrogens (tertiary/aromatic N) is 1. The molecule has 1 spiro atoms. The molecule has 2 saturated heterocycles. The number of likely N-dealkylation sites (tertiary alicyclic amines) is 1. The first-order chi connectivity index (χ1) is 19.5. The quantitative estimate of drug-likeness (QED) is 0.336. The molecule has 3 atom stereocenters. The van der Waals surface area contributed by atoms with E-state index in [1.807, 2.05) is 0 Å². The molecular weight excluding hydrogens is 564 g/mol. The Balaban J connectivity index is 1.14. The monoisotopic (exact) mass is 606 g/mol. The maximum atomic E-state index is 11.4. The lowest BCUT2D eigenvalue weighted by Crippen LogP contribution is -2.66. The number of piperidine rings is 2. The van der Waals surface area contributed by atoms with Crippen molar-refractivity contribution in [1.29, 1.82) is 0 Å². The zero-order valence-corrected chi connectivity index (χ0v) is 25.5. The molecule has 12 heteroatoms. The van der Waals surface area contributed by atoms with Gasteiger partial charge in [0.15, 0.2) is 0 Å². The first-order valence-electron chi connectivity index (χ1n) is 14.4. The number of anilines is 2. The number of benzene rings is 2. The van der Waals surface area contributed by atoms with Crippen LogP contribution in [0.4, 0.5) is 11.4 Å². The highest BCUT2D eigenvalue weighted by atomic mass is 32.2. The number of ether oxygens (including phenoxy) is 2. The molecule has 41 heavy (non-hydrogen) atoms. The van der Waals surface area contributed by atoms with Gasteiger partial charge in [0.25, 0.3) is 0 Å². The van der Waals surface area contributed by atoms with Crippen molar-refractivity contribution in [2.75, 3.05) is 61.3 Å². The smallest absolute Gasteiger partial charge is 0.229 e. The van der Waals surface area contributed by atoms with Gasteiger partial charge in [-0.25, -0.2) is 16.8 Å². The van der Waals surface area contributed by atoms with E-state index >= 15 is 0 Å². The van der Waals surface area contributed by atoms with Crippen LogP contribution in [-0.2, 0) is 20.0 Å². The van der Waals surface area contributed by atoms with Crippen molar-refractivity contribution in [2.24, 2.45) is 17.3 Å². The fourth-order valence-corrected chi connectivity index (χ4v) is 8.25. The van der Waals surface area contributed by atoms with Crippen LogP contribution in [0.5, 0.6) is 11.5 Å². The van der Waals surface area contributed by atoms with Gasteiger partial charge in [-0.05, 0) is 91.6 Å². The summed E-state index contributed by atoms with van der Waals surface area (Å²) >= 11 is 0. The van der Waals surface area contributed by atoms with E-state index in [-0.39, 0.29) is 0 Å². The van der Waals surface area contributed by atoms with E-state index in [9.17, 15) is 16.8 Å². The zero-order chi connectivity index (χ0) is 29.1. The average molecular weight is 607 g/mol. The van der Waals surface area contributed by atoms with E-state index < -0.39 is 20.0 Å². The Hall–Kier alpha value is -2.54. The summed E-state index contributed by atoms with van der Waals surface area (Å²) in [5.41, 5.74) is 1.46.